The third-order valence-electron chi connectivity index (χ3n) is 4.03. The molecule has 0 spiro atoms. The van der Waals surface area contributed by atoms with Crippen molar-refractivity contribution in [1.29, 1.82) is 0 Å². The van der Waals surface area contributed by atoms with Crippen molar-refractivity contribution in [3.63, 3.8) is 0 Å². The molecule has 0 aliphatic carbocycles. The van der Waals surface area contributed by atoms with E-state index in [1.54, 1.807) is 0 Å². The van der Waals surface area contributed by atoms with Gasteiger partial charge in [0.1, 0.15) is 11.6 Å². The molecule has 0 unspecified atom stereocenters. The van der Waals surface area contributed by atoms with Crippen molar-refractivity contribution in [2.75, 3.05) is 6.61 Å². The molecule has 5 nitrogen and oxygen atoms in total. The minimum atomic E-state index is -5.16. The summed E-state index contributed by atoms with van der Waals surface area (Å²) in [6, 6.07) is 10.3. The summed E-state index contributed by atoms with van der Waals surface area (Å²) in [5, 5.41) is 14.2. The minimum Gasteiger partial charge on any atom is -0.484 e. The topological polar surface area (TPSA) is 62.1 Å². The zero-order chi connectivity index (χ0) is 20.5. The maximum atomic E-state index is 13.5. The van der Waals surface area contributed by atoms with E-state index >= 15 is 0 Å². The van der Waals surface area contributed by atoms with Gasteiger partial charge in [-0.1, -0.05) is 23.7 Å². The van der Waals surface area contributed by atoms with Crippen LogP contribution in [0.3, 0.4) is 0 Å². The normalized spacial score (nSPS) is 19.5. The molecule has 1 aliphatic rings. The number of benzene rings is 2. The lowest BCUT2D eigenvalue weighted by molar-refractivity contribution is -0.302. The van der Waals surface area contributed by atoms with Gasteiger partial charge in [0.15, 0.2) is 6.61 Å². The van der Waals surface area contributed by atoms with Crippen LogP contribution >= 0.6 is 11.6 Å². The molecule has 2 aromatic carbocycles. The number of hydrogen-bond acceptors (Lipinski definition) is 4. The van der Waals surface area contributed by atoms with Gasteiger partial charge >= 0.3 is 6.18 Å². The second-order valence-electron chi connectivity index (χ2n) is 5.99. The van der Waals surface area contributed by atoms with Gasteiger partial charge in [0.05, 0.1) is 12.1 Å². The van der Waals surface area contributed by atoms with Gasteiger partial charge in [0.2, 0.25) is 0 Å². The molecular formula is C18H13ClF4N2O3. The quantitative estimate of drug-likeness (QED) is 0.772. The van der Waals surface area contributed by atoms with E-state index in [9.17, 15) is 27.5 Å². The zero-order valence-electron chi connectivity index (χ0n) is 14.1. The van der Waals surface area contributed by atoms with E-state index in [0.29, 0.717) is 5.02 Å². The standard InChI is InChI=1S/C18H13ClF4N2O3/c19-12-3-1-11(2-4-12)15-9-17(27,18(21,22)23)25(24-15)16(26)10-28-14-7-5-13(20)6-8-14/h1-8,27H,9-10H2/t17-/m0/s1. The largest absolute Gasteiger partial charge is 0.484 e. The molecule has 1 atom stereocenters. The predicted octanol–water partition coefficient (Wildman–Crippen LogP) is 3.75. The number of carbonyl (C=O) groups is 1. The number of nitrogens with zero attached hydrogens (tertiary/aromatic N) is 2. The molecule has 1 amide bonds. The Kier molecular flexibility index (Phi) is 5.31. The molecule has 0 saturated carbocycles. The SMILES string of the molecule is O=C(COc1ccc(F)cc1)N1N=C(c2ccc(Cl)cc2)C[C@]1(O)C(F)(F)F. The van der Waals surface area contributed by atoms with Gasteiger partial charge in [-0.2, -0.15) is 23.3 Å². The molecule has 2 aromatic rings. The van der Waals surface area contributed by atoms with Crippen LogP contribution < -0.4 is 4.74 Å². The van der Waals surface area contributed by atoms with E-state index in [4.69, 9.17) is 16.3 Å². The first-order valence-electron chi connectivity index (χ1n) is 7.94. The number of ether oxygens (including phenoxy) is 1. The maximum absolute atomic E-state index is 13.5. The Labute approximate surface area is 161 Å². The van der Waals surface area contributed by atoms with Crippen LogP contribution in [-0.4, -0.2) is 40.2 Å². The van der Waals surface area contributed by atoms with E-state index in [-0.39, 0.29) is 22.0 Å². The molecule has 0 fully saturated rings. The van der Waals surface area contributed by atoms with E-state index in [0.717, 1.165) is 12.1 Å². The van der Waals surface area contributed by atoms with Crippen molar-refractivity contribution in [3.05, 3.63) is 64.9 Å². The van der Waals surface area contributed by atoms with Crippen molar-refractivity contribution in [2.24, 2.45) is 5.10 Å². The smallest absolute Gasteiger partial charge is 0.438 e. The Morgan fingerprint density at radius 1 is 1.18 bits per heavy atom. The second kappa shape index (κ2) is 7.40. The highest BCUT2D eigenvalue weighted by molar-refractivity contribution is 6.30. The fourth-order valence-electron chi connectivity index (χ4n) is 2.57. The van der Waals surface area contributed by atoms with Crippen LogP contribution in [0.5, 0.6) is 5.75 Å². The third kappa shape index (κ3) is 3.95. The number of aliphatic hydroxyl groups is 1. The first-order valence-corrected chi connectivity index (χ1v) is 8.32. The molecular weight excluding hydrogens is 404 g/mol. The molecule has 0 radical (unpaired) electrons. The second-order valence-corrected chi connectivity index (χ2v) is 6.43. The van der Waals surface area contributed by atoms with E-state index < -0.39 is 36.7 Å². The lowest BCUT2D eigenvalue weighted by atomic mass is 10.0. The molecule has 1 heterocycles. The molecule has 1 N–H and O–H groups in total. The van der Waals surface area contributed by atoms with Gasteiger partial charge in [0.25, 0.3) is 11.6 Å². The number of alkyl halides is 3. The molecule has 0 bridgehead atoms. The third-order valence-corrected chi connectivity index (χ3v) is 4.28. The molecule has 28 heavy (non-hydrogen) atoms. The van der Waals surface area contributed by atoms with Crippen molar-refractivity contribution < 1.29 is 32.2 Å². The van der Waals surface area contributed by atoms with Gasteiger partial charge in [0, 0.05) is 5.02 Å². The molecule has 3 rings (SSSR count). The lowest BCUT2D eigenvalue weighted by Gasteiger charge is -2.32. The number of carbonyl (C=O) groups excluding carboxylic acids is 1. The molecule has 1 aliphatic heterocycles. The van der Waals surface area contributed by atoms with Gasteiger partial charge in [-0.15, -0.1) is 0 Å². The average molecular weight is 417 g/mol. The van der Waals surface area contributed by atoms with Crippen LogP contribution in [0.2, 0.25) is 5.02 Å². The summed E-state index contributed by atoms with van der Waals surface area (Å²) in [7, 11) is 0. The molecule has 148 valence electrons. The van der Waals surface area contributed by atoms with Crippen LogP contribution in [0.15, 0.2) is 53.6 Å². The fourth-order valence-corrected chi connectivity index (χ4v) is 2.69. The number of rotatable bonds is 4. The van der Waals surface area contributed by atoms with Crippen LogP contribution in [0.4, 0.5) is 17.6 Å². The van der Waals surface area contributed by atoms with Gasteiger partial charge in [-0.25, -0.2) is 4.39 Å². The first kappa shape index (κ1) is 20.1. The van der Waals surface area contributed by atoms with Crippen molar-refractivity contribution in [2.45, 2.75) is 18.3 Å². The lowest BCUT2D eigenvalue weighted by Crippen LogP contribution is -2.57. The molecule has 0 saturated heterocycles. The van der Waals surface area contributed by atoms with Crippen LogP contribution in [0, 0.1) is 5.82 Å². The van der Waals surface area contributed by atoms with Gasteiger partial charge < -0.3 is 9.84 Å². The van der Waals surface area contributed by atoms with Crippen LogP contribution in [-0.2, 0) is 4.79 Å². The van der Waals surface area contributed by atoms with E-state index in [1.807, 2.05) is 0 Å². The molecule has 10 heteroatoms. The summed E-state index contributed by atoms with van der Waals surface area (Å²) >= 11 is 5.76. The number of halogens is 5. The van der Waals surface area contributed by atoms with Gasteiger partial charge in [-0.3, -0.25) is 4.79 Å². The minimum absolute atomic E-state index is 0.0273. The summed E-state index contributed by atoms with van der Waals surface area (Å²) in [5.41, 5.74) is -3.36. The first-order chi connectivity index (χ1) is 13.1. The van der Waals surface area contributed by atoms with Crippen molar-refractivity contribution in [1.82, 2.24) is 5.01 Å². The Hall–Kier alpha value is -2.65. The summed E-state index contributed by atoms with van der Waals surface area (Å²) in [6.45, 7) is -0.832. The predicted molar refractivity (Wildman–Crippen MR) is 92.4 cm³/mol. The Balaban J connectivity index is 1.84. The monoisotopic (exact) mass is 416 g/mol. The average Bonchev–Trinajstić information content (AvgIpc) is 3.00. The zero-order valence-corrected chi connectivity index (χ0v) is 14.8. The van der Waals surface area contributed by atoms with E-state index in [2.05, 4.69) is 5.10 Å². The summed E-state index contributed by atoms with van der Waals surface area (Å²) in [5.74, 6) is -1.68. The fraction of sp³-hybridized carbons (Fsp3) is 0.222. The number of amides is 1. The maximum Gasteiger partial charge on any atom is 0.438 e. The van der Waals surface area contributed by atoms with E-state index in [1.165, 1.54) is 36.4 Å². The highest BCUT2D eigenvalue weighted by Gasteiger charge is 2.63. The highest BCUT2D eigenvalue weighted by atomic mass is 35.5. The van der Waals surface area contributed by atoms with Gasteiger partial charge in [-0.05, 0) is 42.0 Å². The summed E-state index contributed by atoms with van der Waals surface area (Å²) in [6.07, 6.45) is -6.10. The Bertz CT molecular complexity index is 901. The van der Waals surface area contributed by atoms with Crippen molar-refractivity contribution in [3.8, 4) is 5.75 Å². The van der Waals surface area contributed by atoms with Crippen molar-refractivity contribution >= 4 is 23.2 Å². The number of hydrazone groups is 1. The summed E-state index contributed by atoms with van der Waals surface area (Å²) in [4.78, 5) is 12.3. The Morgan fingerprint density at radius 2 is 1.79 bits per heavy atom. The number of hydrogen-bond donors (Lipinski definition) is 1. The van der Waals surface area contributed by atoms with Crippen LogP contribution in [0.1, 0.15) is 12.0 Å². The Morgan fingerprint density at radius 3 is 2.36 bits per heavy atom. The highest BCUT2D eigenvalue weighted by Crippen LogP contribution is 2.41. The summed E-state index contributed by atoms with van der Waals surface area (Å²) < 4.78 is 58.4. The molecule has 0 aromatic heterocycles. The van der Waals surface area contributed by atoms with Crippen LogP contribution in [0.25, 0.3) is 0 Å².